The van der Waals surface area contributed by atoms with E-state index in [2.05, 4.69) is 5.32 Å². The van der Waals surface area contributed by atoms with Gasteiger partial charge in [0.2, 0.25) is 5.91 Å². The molecule has 0 bridgehead atoms. The third-order valence-electron chi connectivity index (χ3n) is 3.98. The zero-order valence-corrected chi connectivity index (χ0v) is 11.5. The van der Waals surface area contributed by atoms with E-state index < -0.39 is 0 Å². The summed E-state index contributed by atoms with van der Waals surface area (Å²) >= 11 is 0. The Labute approximate surface area is 115 Å². The lowest BCUT2D eigenvalue weighted by atomic mass is 9.90. The highest BCUT2D eigenvalue weighted by molar-refractivity contribution is 5.78. The minimum Gasteiger partial charge on any atom is -0.398 e. The van der Waals surface area contributed by atoms with E-state index in [1.165, 1.54) is 32.1 Å². The Morgan fingerprint density at radius 1 is 1.11 bits per heavy atom. The molecule has 3 N–H and O–H groups in total. The van der Waals surface area contributed by atoms with Crippen LogP contribution in [0.3, 0.4) is 0 Å². The minimum absolute atomic E-state index is 0.199. The SMILES string of the molecule is Nc1ccccc1CNC(=O)C1CCCCCCC1. The van der Waals surface area contributed by atoms with Gasteiger partial charge < -0.3 is 11.1 Å². The largest absolute Gasteiger partial charge is 0.398 e. The minimum atomic E-state index is 0.199. The Bertz CT molecular complexity index is 409. The van der Waals surface area contributed by atoms with Crippen LogP contribution in [0.1, 0.15) is 50.5 Å². The second-order valence-electron chi connectivity index (χ2n) is 5.46. The van der Waals surface area contributed by atoms with Gasteiger partial charge in [-0.2, -0.15) is 0 Å². The van der Waals surface area contributed by atoms with Gasteiger partial charge in [0.1, 0.15) is 0 Å². The molecule has 1 saturated carbocycles. The summed E-state index contributed by atoms with van der Waals surface area (Å²) in [5.41, 5.74) is 7.63. The van der Waals surface area contributed by atoms with E-state index in [1.54, 1.807) is 0 Å². The normalized spacial score (nSPS) is 17.5. The Kier molecular flexibility index (Phi) is 5.25. The number of hydrogen-bond acceptors (Lipinski definition) is 2. The van der Waals surface area contributed by atoms with E-state index in [0.717, 1.165) is 24.1 Å². The first-order valence-electron chi connectivity index (χ1n) is 7.38. The maximum atomic E-state index is 12.2. The molecule has 3 heteroatoms. The molecule has 0 aliphatic heterocycles. The molecule has 1 fully saturated rings. The third kappa shape index (κ3) is 4.27. The van der Waals surface area contributed by atoms with Gasteiger partial charge >= 0.3 is 0 Å². The molecule has 0 radical (unpaired) electrons. The zero-order valence-electron chi connectivity index (χ0n) is 11.5. The van der Waals surface area contributed by atoms with E-state index in [9.17, 15) is 4.79 Å². The fraction of sp³-hybridized carbons (Fsp3) is 0.562. The molecule has 19 heavy (non-hydrogen) atoms. The average molecular weight is 260 g/mol. The highest BCUT2D eigenvalue weighted by Gasteiger charge is 2.18. The van der Waals surface area contributed by atoms with Crippen LogP contribution in [0.15, 0.2) is 24.3 Å². The Morgan fingerprint density at radius 2 is 1.74 bits per heavy atom. The standard InChI is InChI=1S/C16H24N2O/c17-15-11-7-6-10-14(15)12-18-16(19)13-8-4-2-1-3-5-9-13/h6-7,10-11,13H,1-5,8-9,12,17H2,(H,18,19). The number of anilines is 1. The van der Waals surface area contributed by atoms with Crippen molar-refractivity contribution in [1.29, 1.82) is 0 Å². The lowest BCUT2D eigenvalue weighted by Gasteiger charge is -2.19. The van der Waals surface area contributed by atoms with Crippen LogP contribution >= 0.6 is 0 Å². The van der Waals surface area contributed by atoms with Crippen molar-refractivity contribution >= 4 is 11.6 Å². The fourth-order valence-electron chi connectivity index (χ4n) is 2.74. The molecule has 0 unspecified atom stereocenters. The van der Waals surface area contributed by atoms with Gasteiger partial charge in [-0.15, -0.1) is 0 Å². The second kappa shape index (κ2) is 7.17. The van der Waals surface area contributed by atoms with Crippen LogP contribution in [0.25, 0.3) is 0 Å². The fourth-order valence-corrected chi connectivity index (χ4v) is 2.74. The van der Waals surface area contributed by atoms with Crippen molar-refractivity contribution in [1.82, 2.24) is 5.32 Å². The summed E-state index contributed by atoms with van der Waals surface area (Å²) in [4.78, 5) is 12.2. The highest BCUT2D eigenvalue weighted by Crippen LogP contribution is 2.22. The van der Waals surface area contributed by atoms with Gasteiger partial charge in [-0.05, 0) is 24.5 Å². The van der Waals surface area contributed by atoms with Gasteiger partial charge in [-0.25, -0.2) is 0 Å². The van der Waals surface area contributed by atoms with Crippen molar-refractivity contribution in [2.75, 3.05) is 5.73 Å². The number of nitrogen functional groups attached to an aromatic ring is 1. The molecule has 104 valence electrons. The summed E-state index contributed by atoms with van der Waals surface area (Å²) in [7, 11) is 0. The molecule has 0 saturated heterocycles. The number of benzene rings is 1. The van der Waals surface area contributed by atoms with Crippen molar-refractivity contribution in [3.63, 3.8) is 0 Å². The van der Waals surface area contributed by atoms with E-state index in [1.807, 2.05) is 24.3 Å². The predicted molar refractivity (Wildman–Crippen MR) is 78.5 cm³/mol. The van der Waals surface area contributed by atoms with Gasteiger partial charge in [0, 0.05) is 18.2 Å². The van der Waals surface area contributed by atoms with Crippen molar-refractivity contribution < 1.29 is 4.79 Å². The molecular formula is C16H24N2O. The van der Waals surface area contributed by atoms with Crippen molar-refractivity contribution in [2.45, 2.75) is 51.5 Å². The molecular weight excluding hydrogens is 236 g/mol. The monoisotopic (exact) mass is 260 g/mol. The lowest BCUT2D eigenvalue weighted by molar-refractivity contribution is -0.125. The predicted octanol–water partition coefficient (Wildman–Crippen LogP) is 3.25. The third-order valence-corrected chi connectivity index (χ3v) is 3.98. The number of carbonyl (C=O) groups excluding carboxylic acids is 1. The van der Waals surface area contributed by atoms with Crippen LogP contribution in [0.2, 0.25) is 0 Å². The van der Waals surface area contributed by atoms with Gasteiger partial charge in [-0.3, -0.25) is 4.79 Å². The molecule has 1 aromatic rings. The summed E-state index contributed by atoms with van der Waals surface area (Å²) in [6.07, 6.45) is 8.32. The molecule has 0 spiro atoms. The van der Waals surface area contributed by atoms with Crippen LogP contribution in [0.5, 0.6) is 0 Å². The number of rotatable bonds is 3. The van der Waals surface area contributed by atoms with Crippen molar-refractivity contribution in [3.05, 3.63) is 29.8 Å². The smallest absolute Gasteiger partial charge is 0.223 e. The molecule has 2 rings (SSSR count). The number of amides is 1. The molecule has 0 heterocycles. The zero-order chi connectivity index (χ0) is 13.5. The summed E-state index contributed by atoms with van der Waals surface area (Å²) in [5, 5.41) is 3.04. The first-order chi connectivity index (χ1) is 9.27. The number of hydrogen-bond donors (Lipinski definition) is 2. The van der Waals surface area contributed by atoms with E-state index in [4.69, 9.17) is 5.73 Å². The Balaban J connectivity index is 1.84. The van der Waals surface area contributed by atoms with Crippen LogP contribution in [-0.4, -0.2) is 5.91 Å². The van der Waals surface area contributed by atoms with Gasteiger partial charge in [-0.1, -0.05) is 50.3 Å². The number of para-hydroxylation sites is 1. The maximum absolute atomic E-state index is 12.2. The molecule has 0 aromatic heterocycles. The summed E-state index contributed by atoms with van der Waals surface area (Å²) < 4.78 is 0. The Hall–Kier alpha value is -1.51. The molecule has 3 nitrogen and oxygen atoms in total. The molecule has 1 aliphatic carbocycles. The topological polar surface area (TPSA) is 55.1 Å². The van der Waals surface area contributed by atoms with Crippen molar-refractivity contribution in [2.24, 2.45) is 5.92 Å². The van der Waals surface area contributed by atoms with Gasteiger partial charge in [0.05, 0.1) is 0 Å². The molecule has 0 atom stereocenters. The maximum Gasteiger partial charge on any atom is 0.223 e. The van der Waals surface area contributed by atoms with E-state index >= 15 is 0 Å². The summed E-state index contributed by atoms with van der Waals surface area (Å²) in [6, 6.07) is 7.70. The average Bonchev–Trinajstić information content (AvgIpc) is 2.37. The number of nitrogens with two attached hydrogens (primary N) is 1. The van der Waals surface area contributed by atoms with E-state index in [0.29, 0.717) is 6.54 Å². The summed E-state index contributed by atoms with van der Waals surface area (Å²) in [6.45, 7) is 0.544. The van der Waals surface area contributed by atoms with E-state index in [-0.39, 0.29) is 11.8 Å². The summed E-state index contributed by atoms with van der Waals surface area (Å²) in [5.74, 6) is 0.399. The van der Waals surface area contributed by atoms with Crippen molar-refractivity contribution in [3.8, 4) is 0 Å². The number of carbonyl (C=O) groups is 1. The highest BCUT2D eigenvalue weighted by atomic mass is 16.1. The lowest BCUT2D eigenvalue weighted by Crippen LogP contribution is -2.31. The first kappa shape index (κ1) is 13.9. The molecule has 1 aliphatic rings. The quantitative estimate of drug-likeness (QED) is 0.820. The second-order valence-corrected chi connectivity index (χ2v) is 5.46. The first-order valence-corrected chi connectivity index (χ1v) is 7.38. The number of nitrogens with one attached hydrogen (secondary N) is 1. The molecule has 1 amide bonds. The Morgan fingerprint density at radius 3 is 2.42 bits per heavy atom. The van der Waals surface area contributed by atoms with Crippen LogP contribution in [0, 0.1) is 5.92 Å². The van der Waals surface area contributed by atoms with Crippen LogP contribution < -0.4 is 11.1 Å². The van der Waals surface area contributed by atoms with Crippen LogP contribution in [0.4, 0.5) is 5.69 Å². The van der Waals surface area contributed by atoms with Crippen LogP contribution in [-0.2, 0) is 11.3 Å². The molecule has 1 aromatic carbocycles. The van der Waals surface area contributed by atoms with Gasteiger partial charge in [0.25, 0.3) is 0 Å². The van der Waals surface area contributed by atoms with Gasteiger partial charge in [0.15, 0.2) is 0 Å².